The van der Waals surface area contributed by atoms with Crippen LogP contribution in [0.25, 0.3) is 0 Å². The van der Waals surface area contributed by atoms with E-state index in [0.717, 1.165) is 36.4 Å². The van der Waals surface area contributed by atoms with Gasteiger partial charge in [0.2, 0.25) is 5.91 Å². The third-order valence-corrected chi connectivity index (χ3v) is 4.54. The van der Waals surface area contributed by atoms with Crippen LogP contribution in [0.15, 0.2) is 33.9 Å². The van der Waals surface area contributed by atoms with Crippen LogP contribution in [-0.4, -0.2) is 35.1 Å². The third kappa shape index (κ3) is 7.56. The number of guanidine groups is 1. The maximum Gasteiger partial charge on any atom is 0.227 e. The Kier molecular flexibility index (Phi) is 9.14. The number of aliphatic imine (C=N–C) groups is 1. The summed E-state index contributed by atoms with van der Waals surface area (Å²) in [5.74, 6) is 2.24. The van der Waals surface area contributed by atoms with Crippen LogP contribution >= 0.6 is 0 Å². The van der Waals surface area contributed by atoms with Crippen LogP contribution in [0.1, 0.15) is 63.0 Å². The van der Waals surface area contributed by atoms with Crippen molar-refractivity contribution in [2.75, 3.05) is 18.4 Å². The first kappa shape index (κ1) is 22.4. The fraction of sp³-hybridized carbons (Fsp3) is 0.524. The lowest BCUT2D eigenvalue weighted by Gasteiger charge is -2.11. The maximum absolute atomic E-state index is 12.1. The van der Waals surface area contributed by atoms with Gasteiger partial charge in [0.05, 0.1) is 5.69 Å². The number of carbonyl (C=O) groups is 1. The normalized spacial score (nSPS) is 11.6. The SMILES string of the molecule is CCNC(=NCc1cc(C(CC)CC)no1)NCCC(=O)Nc1ccc(C)cn1. The summed E-state index contributed by atoms with van der Waals surface area (Å²) in [7, 11) is 0. The summed E-state index contributed by atoms with van der Waals surface area (Å²) in [6, 6.07) is 5.68. The van der Waals surface area contributed by atoms with Crippen molar-refractivity contribution in [1.29, 1.82) is 0 Å². The van der Waals surface area contributed by atoms with Crippen LogP contribution in [-0.2, 0) is 11.3 Å². The Morgan fingerprint density at radius 3 is 2.66 bits per heavy atom. The quantitative estimate of drug-likeness (QED) is 0.417. The average molecular weight is 401 g/mol. The Morgan fingerprint density at radius 2 is 2.00 bits per heavy atom. The molecule has 0 aromatic carbocycles. The summed E-state index contributed by atoms with van der Waals surface area (Å²) in [5.41, 5.74) is 2.04. The Morgan fingerprint density at radius 1 is 1.21 bits per heavy atom. The van der Waals surface area contributed by atoms with Gasteiger partial charge in [0, 0.05) is 37.7 Å². The number of aromatic nitrogens is 2. The standard InChI is InChI=1S/C21H32N6O2/c1-5-16(6-2)18-12-17(29-27-18)14-25-21(22-7-3)23-11-10-20(28)26-19-9-8-15(4)13-24-19/h8-9,12-13,16H,5-7,10-11,14H2,1-4H3,(H2,22,23,25)(H,24,26,28). The average Bonchev–Trinajstić information content (AvgIpc) is 3.17. The summed E-state index contributed by atoms with van der Waals surface area (Å²) in [4.78, 5) is 20.8. The zero-order chi connectivity index (χ0) is 21.1. The molecule has 3 N–H and O–H groups in total. The molecule has 0 fully saturated rings. The number of nitrogens with zero attached hydrogens (tertiary/aromatic N) is 3. The van der Waals surface area contributed by atoms with E-state index >= 15 is 0 Å². The molecule has 0 radical (unpaired) electrons. The summed E-state index contributed by atoms with van der Waals surface area (Å²) >= 11 is 0. The summed E-state index contributed by atoms with van der Waals surface area (Å²) in [6.07, 6.45) is 4.11. The first-order valence-corrected chi connectivity index (χ1v) is 10.3. The van der Waals surface area contributed by atoms with Crippen molar-refractivity contribution >= 4 is 17.7 Å². The van der Waals surface area contributed by atoms with Gasteiger partial charge < -0.3 is 20.5 Å². The second-order valence-corrected chi connectivity index (χ2v) is 6.87. The van der Waals surface area contributed by atoms with Crippen molar-refractivity contribution in [2.24, 2.45) is 4.99 Å². The van der Waals surface area contributed by atoms with E-state index < -0.39 is 0 Å². The molecule has 0 spiro atoms. The summed E-state index contributed by atoms with van der Waals surface area (Å²) in [5, 5.41) is 13.3. The van der Waals surface area contributed by atoms with Crippen molar-refractivity contribution in [3.63, 3.8) is 0 Å². The number of hydrogen-bond donors (Lipinski definition) is 3. The fourth-order valence-electron chi connectivity index (χ4n) is 2.84. The zero-order valence-corrected chi connectivity index (χ0v) is 17.8. The first-order valence-electron chi connectivity index (χ1n) is 10.3. The van der Waals surface area contributed by atoms with E-state index in [1.807, 2.05) is 26.0 Å². The molecule has 158 valence electrons. The molecule has 0 aliphatic rings. The first-order chi connectivity index (χ1) is 14.0. The van der Waals surface area contributed by atoms with Gasteiger partial charge in [0.15, 0.2) is 11.7 Å². The molecule has 29 heavy (non-hydrogen) atoms. The van der Waals surface area contributed by atoms with E-state index in [2.05, 4.69) is 44.9 Å². The molecule has 0 aliphatic carbocycles. The highest BCUT2D eigenvalue weighted by Crippen LogP contribution is 2.22. The molecule has 2 aromatic heterocycles. The topological polar surface area (TPSA) is 104 Å². The van der Waals surface area contributed by atoms with Crippen LogP contribution in [0.2, 0.25) is 0 Å². The van der Waals surface area contributed by atoms with Crippen molar-refractivity contribution in [2.45, 2.75) is 59.4 Å². The Hall–Kier alpha value is -2.90. The maximum atomic E-state index is 12.1. The molecule has 0 unspecified atom stereocenters. The van der Waals surface area contributed by atoms with E-state index in [1.54, 1.807) is 12.3 Å². The Balaban J connectivity index is 1.82. The molecule has 0 atom stereocenters. The molecule has 0 saturated heterocycles. The lowest BCUT2D eigenvalue weighted by Crippen LogP contribution is -2.38. The van der Waals surface area contributed by atoms with Gasteiger partial charge in [-0.3, -0.25) is 4.79 Å². The molecular formula is C21H32N6O2. The van der Waals surface area contributed by atoms with E-state index in [4.69, 9.17) is 4.52 Å². The number of amides is 1. The van der Waals surface area contributed by atoms with Gasteiger partial charge in [0.25, 0.3) is 0 Å². The fourth-order valence-corrected chi connectivity index (χ4v) is 2.84. The van der Waals surface area contributed by atoms with E-state index in [0.29, 0.717) is 37.2 Å². The van der Waals surface area contributed by atoms with Crippen molar-refractivity contribution in [3.8, 4) is 0 Å². The molecule has 8 heteroatoms. The lowest BCUT2D eigenvalue weighted by molar-refractivity contribution is -0.116. The number of hydrogen-bond acceptors (Lipinski definition) is 5. The lowest BCUT2D eigenvalue weighted by atomic mass is 9.99. The van der Waals surface area contributed by atoms with Crippen LogP contribution in [0, 0.1) is 6.92 Å². The van der Waals surface area contributed by atoms with Crippen LogP contribution in [0.4, 0.5) is 5.82 Å². The monoisotopic (exact) mass is 400 g/mol. The highest BCUT2D eigenvalue weighted by atomic mass is 16.5. The molecule has 8 nitrogen and oxygen atoms in total. The van der Waals surface area contributed by atoms with Gasteiger partial charge >= 0.3 is 0 Å². The predicted molar refractivity (Wildman–Crippen MR) is 115 cm³/mol. The van der Waals surface area contributed by atoms with Crippen molar-refractivity contribution < 1.29 is 9.32 Å². The van der Waals surface area contributed by atoms with Crippen LogP contribution in [0.5, 0.6) is 0 Å². The smallest absolute Gasteiger partial charge is 0.227 e. The largest absolute Gasteiger partial charge is 0.359 e. The number of nitrogens with one attached hydrogen (secondary N) is 3. The van der Waals surface area contributed by atoms with Gasteiger partial charge in [-0.2, -0.15) is 0 Å². The molecular weight excluding hydrogens is 368 g/mol. The van der Waals surface area contributed by atoms with Gasteiger partial charge in [-0.05, 0) is 38.3 Å². The Labute approximate surface area is 172 Å². The molecule has 0 aliphatic heterocycles. The number of rotatable bonds is 10. The highest BCUT2D eigenvalue weighted by molar-refractivity contribution is 5.90. The molecule has 1 amide bonds. The molecule has 2 heterocycles. The van der Waals surface area contributed by atoms with Gasteiger partial charge in [0.1, 0.15) is 12.4 Å². The third-order valence-electron chi connectivity index (χ3n) is 4.54. The van der Waals surface area contributed by atoms with E-state index in [1.165, 1.54) is 0 Å². The predicted octanol–water partition coefficient (Wildman–Crippen LogP) is 3.37. The van der Waals surface area contributed by atoms with Crippen LogP contribution < -0.4 is 16.0 Å². The van der Waals surface area contributed by atoms with Crippen LogP contribution in [0.3, 0.4) is 0 Å². The molecule has 2 rings (SSSR count). The van der Waals surface area contributed by atoms with E-state index in [9.17, 15) is 4.79 Å². The molecule has 2 aromatic rings. The molecule has 0 bridgehead atoms. The van der Waals surface area contributed by atoms with E-state index in [-0.39, 0.29) is 5.91 Å². The number of aryl methyl sites for hydroxylation is 1. The summed E-state index contributed by atoms with van der Waals surface area (Å²) in [6.45, 7) is 9.82. The minimum Gasteiger partial charge on any atom is -0.359 e. The Bertz CT molecular complexity index is 781. The number of anilines is 1. The minimum absolute atomic E-state index is 0.102. The second-order valence-electron chi connectivity index (χ2n) is 6.87. The number of pyridine rings is 1. The number of carbonyl (C=O) groups excluding carboxylic acids is 1. The zero-order valence-electron chi connectivity index (χ0n) is 17.8. The molecule has 0 saturated carbocycles. The van der Waals surface area contributed by atoms with Gasteiger partial charge in [-0.25, -0.2) is 9.98 Å². The van der Waals surface area contributed by atoms with Gasteiger partial charge in [-0.15, -0.1) is 0 Å². The van der Waals surface area contributed by atoms with Crippen molar-refractivity contribution in [1.82, 2.24) is 20.8 Å². The van der Waals surface area contributed by atoms with Gasteiger partial charge in [-0.1, -0.05) is 25.1 Å². The van der Waals surface area contributed by atoms with Crippen molar-refractivity contribution in [3.05, 3.63) is 41.4 Å². The second kappa shape index (κ2) is 11.8. The summed E-state index contributed by atoms with van der Waals surface area (Å²) < 4.78 is 5.41. The minimum atomic E-state index is -0.102. The highest BCUT2D eigenvalue weighted by Gasteiger charge is 2.13.